The van der Waals surface area contributed by atoms with E-state index in [1.165, 1.54) is 5.56 Å². The van der Waals surface area contributed by atoms with E-state index in [-0.39, 0.29) is 0 Å². The molecule has 3 heterocycles. The number of carbonyl (C=O) groups excluding carboxylic acids is 1. The van der Waals surface area contributed by atoms with Gasteiger partial charge in [0.1, 0.15) is 5.69 Å². The average Bonchev–Trinajstić information content (AvgIpc) is 2.89. The Labute approximate surface area is 98.5 Å². The van der Waals surface area contributed by atoms with E-state index in [0.29, 0.717) is 5.69 Å². The predicted molar refractivity (Wildman–Crippen MR) is 61.2 cm³/mol. The Morgan fingerprint density at radius 1 is 1.47 bits per heavy atom. The molecule has 0 aromatic carbocycles. The second kappa shape index (κ2) is 4.10. The van der Waals surface area contributed by atoms with Crippen molar-refractivity contribution in [2.24, 2.45) is 0 Å². The van der Waals surface area contributed by atoms with Crippen molar-refractivity contribution in [2.75, 3.05) is 0 Å². The summed E-state index contributed by atoms with van der Waals surface area (Å²) in [6.07, 6.45) is 4.44. The lowest BCUT2D eigenvalue weighted by Gasteiger charge is -2.14. The molecule has 0 saturated heterocycles. The van der Waals surface area contributed by atoms with E-state index in [1.807, 2.05) is 12.3 Å². The Morgan fingerprint density at radius 2 is 2.41 bits per heavy atom. The number of carbonyl (C=O) groups is 1. The van der Waals surface area contributed by atoms with Crippen LogP contribution in [0.3, 0.4) is 0 Å². The molecule has 5 nitrogen and oxygen atoms in total. The van der Waals surface area contributed by atoms with Crippen molar-refractivity contribution < 1.29 is 4.79 Å². The number of aromatic amines is 1. The molecule has 0 amide bonds. The van der Waals surface area contributed by atoms with Crippen LogP contribution in [0.4, 0.5) is 0 Å². The third kappa shape index (κ3) is 1.85. The third-order valence-electron chi connectivity index (χ3n) is 2.99. The molecule has 1 aliphatic rings. The maximum atomic E-state index is 10.8. The van der Waals surface area contributed by atoms with Gasteiger partial charge < -0.3 is 0 Å². The van der Waals surface area contributed by atoms with Crippen LogP contribution in [0, 0.1) is 0 Å². The van der Waals surface area contributed by atoms with Crippen LogP contribution < -0.4 is 0 Å². The first-order valence-electron chi connectivity index (χ1n) is 5.49. The summed E-state index contributed by atoms with van der Waals surface area (Å²) < 4.78 is 0. The van der Waals surface area contributed by atoms with Gasteiger partial charge in [-0.05, 0) is 11.6 Å². The number of pyridine rings is 1. The molecule has 5 heteroatoms. The molecule has 0 aliphatic carbocycles. The van der Waals surface area contributed by atoms with E-state index in [9.17, 15) is 4.79 Å². The second-order valence-corrected chi connectivity index (χ2v) is 4.19. The quantitative estimate of drug-likeness (QED) is 0.800. The minimum absolute atomic E-state index is 0.536. The largest absolute Gasteiger partial charge is 0.296 e. The fraction of sp³-hybridized carbons (Fsp3) is 0.250. The van der Waals surface area contributed by atoms with E-state index in [1.54, 1.807) is 6.20 Å². The van der Waals surface area contributed by atoms with Gasteiger partial charge >= 0.3 is 0 Å². The number of rotatable bonds is 3. The molecule has 0 spiro atoms. The standard InChI is InChI=1S/C12H12N4O/c17-8-12-10-6-16(7-11(10)14-15-12)5-9-2-1-3-13-4-9/h1-4,8H,5-7H2,(H,14,15). The summed E-state index contributed by atoms with van der Waals surface area (Å²) in [5, 5.41) is 6.88. The number of aldehydes is 1. The molecule has 0 unspecified atom stereocenters. The molecule has 0 radical (unpaired) electrons. The van der Waals surface area contributed by atoms with Crippen molar-refractivity contribution in [1.29, 1.82) is 0 Å². The van der Waals surface area contributed by atoms with Crippen LogP contribution in [0.2, 0.25) is 0 Å². The van der Waals surface area contributed by atoms with Crippen molar-refractivity contribution >= 4 is 6.29 Å². The first kappa shape index (κ1) is 10.2. The lowest BCUT2D eigenvalue weighted by molar-refractivity contribution is 0.111. The number of hydrogen-bond donors (Lipinski definition) is 1. The van der Waals surface area contributed by atoms with Gasteiger partial charge in [0.15, 0.2) is 6.29 Å². The lowest BCUT2D eigenvalue weighted by atomic mass is 10.2. The second-order valence-electron chi connectivity index (χ2n) is 4.19. The summed E-state index contributed by atoms with van der Waals surface area (Å²) in [6, 6.07) is 3.99. The van der Waals surface area contributed by atoms with Crippen LogP contribution in [0.15, 0.2) is 24.5 Å². The van der Waals surface area contributed by atoms with E-state index in [0.717, 1.165) is 37.2 Å². The summed E-state index contributed by atoms with van der Waals surface area (Å²) in [6.45, 7) is 2.43. The molecule has 86 valence electrons. The number of fused-ring (bicyclic) bond motifs is 1. The summed E-state index contributed by atoms with van der Waals surface area (Å²) in [7, 11) is 0. The highest BCUT2D eigenvalue weighted by Crippen LogP contribution is 2.24. The smallest absolute Gasteiger partial charge is 0.170 e. The van der Waals surface area contributed by atoms with Gasteiger partial charge in [0, 0.05) is 37.6 Å². The molecule has 17 heavy (non-hydrogen) atoms. The summed E-state index contributed by atoms with van der Waals surface area (Å²) in [4.78, 5) is 17.1. The highest BCUT2D eigenvalue weighted by atomic mass is 16.1. The van der Waals surface area contributed by atoms with Gasteiger partial charge in [-0.2, -0.15) is 5.10 Å². The first-order valence-corrected chi connectivity index (χ1v) is 5.49. The van der Waals surface area contributed by atoms with Crippen LogP contribution in [0.5, 0.6) is 0 Å². The number of nitrogens with one attached hydrogen (secondary N) is 1. The molecule has 3 rings (SSSR count). The maximum absolute atomic E-state index is 10.8. The van der Waals surface area contributed by atoms with E-state index in [4.69, 9.17) is 0 Å². The van der Waals surface area contributed by atoms with Crippen LogP contribution in [-0.2, 0) is 19.6 Å². The minimum atomic E-state index is 0.536. The topological polar surface area (TPSA) is 61.9 Å². The Morgan fingerprint density at radius 3 is 3.18 bits per heavy atom. The highest BCUT2D eigenvalue weighted by molar-refractivity contribution is 5.74. The van der Waals surface area contributed by atoms with Crippen LogP contribution in [-0.4, -0.2) is 26.4 Å². The monoisotopic (exact) mass is 228 g/mol. The van der Waals surface area contributed by atoms with Gasteiger partial charge in [0.25, 0.3) is 0 Å². The molecule has 1 N–H and O–H groups in total. The highest BCUT2D eigenvalue weighted by Gasteiger charge is 2.24. The molecule has 0 saturated carbocycles. The summed E-state index contributed by atoms with van der Waals surface area (Å²) in [5.41, 5.74) is 3.80. The van der Waals surface area contributed by atoms with E-state index in [2.05, 4.69) is 26.1 Å². The van der Waals surface area contributed by atoms with Crippen molar-refractivity contribution in [3.63, 3.8) is 0 Å². The zero-order chi connectivity index (χ0) is 11.7. The van der Waals surface area contributed by atoms with Crippen molar-refractivity contribution in [3.8, 4) is 0 Å². The van der Waals surface area contributed by atoms with Gasteiger partial charge in [0.05, 0.1) is 5.69 Å². The number of H-pyrrole nitrogens is 1. The first-order chi connectivity index (χ1) is 8.36. The van der Waals surface area contributed by atoms with Gasteiger partial charge in [-0.3, -0.25) is 19.8 Å². The lowest BCUT2D eigenvalue weighted by Crippen LogP contribution is -2.16. The minimum Gasteiger partial charge on any atom is -0.296 e. The van der Waals surface area contributed by atoms with E-state index < -0.39 is 0 Å². The fourth-order valence-electron chi connectivity index (χ4n) is 2.19. The Hall–Kier alpha value is -2.01. The SMILES string of the molecule is O=Cc1n[nH]c2c1CN(Cc1cccnc1)C2. The Balaban J connectivity index is 1.74. The van der Waals surface area contributed by atoms with E-state index >= 15 is 0 Å². The molecule has 1 aliphatic heterocycles. The van der Waals surface area contributed by atoms with Crippen molar-refractivity contribution in [1.82, 2.24) is 20.1 Å². The number of hydrogen-bond acceptors (Lipinski definition) is 4. The molecular formula is C12H12N4O. The van der Waals surface area contributed by atoms with Crippen LogP contribution in [0.25, 0.3) is 0 Å². The summed E-state index contributed by atoms with van der Waals surface area (Å²) in [5.74, 6) is 0. The average molecular weight is 228 g/mol. The molecule has 2 aromatic rings. The molecule has 0 bridgehead atoms. The van der Waals surface area contributed by atoms with Gasteiger partial charge in [-0.25, -0.2) is 0 Å². The summed E-state index contributed by atoms with van der Waals surface area (Å²) >= 11 is 0. The number of aromatic nitrogens is 3. The zero-order valence-electron chi connectivity index (χ0n) is 9.26. The van der Waals surface area contributed by atoms with Crippen molar-refractivity contribution in [3.05, 3.63) is 47.0 Å². The Bertz CT molecular complexity index is 535. The third-order valence-corrected chi connectivity index (χ3v) is 2.99. The van der Waals surface area contributed by atoms with Gasteiger partial charge in [-0.1, -0.05) is 6.07 Å². The fourth-order valence-corrected chi connectivity index (χ4v) is 2.19. The maximum Gasteiger partial charge on any atom is 0.170 e. The Kier molecular flexibility index (Phi) is 2.45. The number of nitrogens with zero attached hydrogens (tertiary/aromatic N) is 3. The van der Waals surface area contributed by atoms with Crippen molar-refractivity contribution in [2.45, 2.75) is 19.6 Å². The van der Waals surface area contributed by atoms with Gasteiger partial charge in [0.2, 0.25) is 0 Å². The molecule has 0 fully saturated rings. The zero-order valence-corrected chi connectivity index (χ0v) is 9.26. The van der Waals surface area contributed by atoms with Gasteiger partial charge in [-0.15, -0.1) is 0 Å². The normalized spacial score (nSPS) is 14.8. The van der Waals surface area contributed by atoms with Crippen LogP contribution >= 0.6 is 0 Å². The molecule has 0 atom stereocenters. The predicted octanol–water partition coefficient (Wildman–Crippen LogP) is 1.13. The molecular weight excluding hydrogens is 216 g/mol. The molecule has 2 aromatic heterocycles. The van der Waals surface area contributed by atoms with Crippen LogP contribution in [0.1, 0.15) is 27.3 Å².